The van der Waals surface area contributed by atoms with Crippen molar-refractivity contribution in [1.82, 2.24) is 15.1 Å². The van der Waals surface area contributed by atoms with Gasteiger partial charge in [-0.25, -0.2) is 4.39 Å². The van der Waals surface area contributed by atoms with Crippen molar-refractivity contribution < 1.29 is 18.7 Å². The molecule has 0 aliphatic carbocycles. The first-order valence-electron chi connectivity index (χ1n) is 8.34. The lowest BCUT2D eigenvalue weighted by Crippen LogP contribution is -2.39. The van der Waals surface area contributed by atoms with Gasteiger partial charge in [-0.3, -0.25) is 9.59 Å². The van der Waals surface area contributed by atoms with Gasteiger partial charge < -0.3 is 14.8 Å². The lowest BCUT2D eigenvalue weighted by molar-refractivity contribution is -0.128. The summed E-state index contributed by atoms with van der Waals surface area (Å²) in [5, 5.41) is 6.88. The number of nitrogens with one attached hydrogen (secondary N) is 1. The molecule has 1 aromatic heterocycles. The van der Waals surface area contributed by atoms with E-state index in [4.69, 9.17) is 9.47 Å². The molecule has 0 aliphatic heterocycles. The Morgan fingerprint density at radius 2 is 2.00 bits per heavy atom. The van der Waals surface area contributed by atoms with Crippen molar-refractivity contribution in [1.29, 1.82) is 0 Å². The summed E-state index contributed by atoms with van der Waals surface area (Å²) in [4.78, 5) is 24.2. The number of benzene rings is 1. The van der Waals surface area contributed by atoms with Gasteiger partial charge in [0, 0.05) is 32.4 Å². The SMILES string of the molecule is CC[C@@H](Oc1ccc(=O)n(-c2ccc(F)cc2)n1)C(=O)NCCCOC. The maximum absolute atomic E-state index is 13.1. The van der Waals surface area contributed by atoms with E-state index >= 15 is 0 Å². The fourth-order valence-electron chi connectivity index (χ4n) is 2.23. The Hall–Kier alpha value is -2.74. The topological polar surface area (TPSA) is 82.5 Å². The number of halogens is 1. The van der Waals surface area contributed by atoms with E-state index in [1.165, 1.54) is 36.4 Å². The van der Waals surface area contributed by atoms with Crippen LogP contribution in [0.2, 0.25) is 0 Å². The van der Waals surface area contributed by atoms with E-state index in [0.717, 1.165) is 4.68 Å². The molecule has 8 heteroatoms. The van der Waals surface area contributed by atoms with Gasteiger partial charge in [0.1, 0.15) is 5.82 Å². The van der Waals surface area contributed by atoms with E-state index in [0.29, 0.717) is 31.7 Å². The van der Waals surface area contributed by atoms with Crippen molar-refractivity contribution >= 4 is 5.91 Å². The minimum atomic E-state index is -0.732. The van der Waals surface area contributed by atoms with E-state index in [9.17, 15) is 14.0 Å². The molecule has 2 aromatic rings. The first kappa shape index (κ1) is 19.6. The highest BCUT2D eigenvalue weighted by Crippen LogP contribution is 2.11. The predicted molar refractivity (Wildman–Crippen MR) is 94.0 cm³/mol. The maximum atomic E-state index is 13.1. The number of hydrogen-bond donors (Lipinski definition) is 1. The highest BCUT2D eigenvalue weighted by atomic mass is 19.1. The molecule has 0 unspecified atom stereocenters. The van der Waals surface area contributed by atoms with Crippen molar-refractivity contribution in [2.24, 2.45) is 0 Å². The molecule has 0 radical (unpaired) electrons. The fraction of sp³-hybridized carbons (Fsp3) is 0.389. The van der Waals surface area contributed by atoms with Crippen molar-refractivity contribution in [2.75, 3.05) is 20.3 Å². The average Bonchev–Trinajstić information content (AvgIpc) is 2.65. The van der Waals surface area contributed by atoms with Gasteiger partial charge in [-0.2, -0.15) is 4.68 Å². The molecule has 1 amide bonds. The molecule has 1 aromatic carbocycles. The molecular weight excluding hydrogens is 341 g/mol. The Bertz CT molecular complexity index is 777. The minimum absolute atomic E-state index is 0.132. The van der Waals surface area contributed by atoms with Crippen molar-refractivity contribution in [3.63, 3.8) is 0 Å². The van der Waals surface area contributed by atoms with Gasteiger partial charge in [0.25, 0.3) is 11.5 Å². The maximum Gasteiger partial charge on any atom is 0.271 e. The molecule has 0 aliphatic rings. The van der Waals surface area contributed by atoms with Crippen molar-refractivity contribution in [2.45, 2.75) is 25.9 Å². The molecule has 0 spiro atoms. The summed E-state index contributed by atoms with van der Waals surface area (Å²) in [6, 6.07) is 8.04. The van der Waals surface area contributed by atoms with Crippen LogP contribution in [0.25, 0.3) is 5.69 Å². The van der Waals surface area contributed by atoms with Crippen LogP contribution in [-0.4, -0.2) is 42.1 Å². The summed E-state index contributed by atoms with van der Waals surface area (Å²) in [6.07, 6.45) is 0.407. The molecule has 2 rings (SSSR count). The summed E-state index contributed by atoms with van der Waals surface area (Å²) >= 11 is 0. The van der Waals surface area contributed by atoms with Crippen molar-refractivity contribution in [3.8, 4) is 11.6 Å². The molecule has 0 fully saturated rings. The average molecular weight is 363 g/mol. The van der Waals surface area contributed by atoms with Crippen LogP contribution >= 0.6 is 0 Å². The van der Waals surface area contributed by atoms with E-state index in [-0.39, 0.29) is 17.3 Å². The van der Waals surface area contributed by atoms with Crippen LogP contribution in [0.1, 0.15) is 19.8 Å². The Morgan fingerprint density at radius 3 is 2.65 bits per heavy atom. The third kappa shape index (κ3) is 5.38. The molecule has 0 saturated heterocycles. The highest BCUT2D eigenvalue weighted by Gasteiger charge is 2.19. The molecule has 0 bridgehead atoms. The van der Waals surface area contributed by atoms with Crippen LogP contribution in [0, 0.1) is 5.82 Å². The van der Waals surface area contributed by atoms with Crippen LogP contribution in [0.3, 0.4) is 0 Å². The van der Waals surface area contributed by atoms with Gasteiger partial charge in [-0.15, -0.1) is 5.10 Å². The summed E-state index contributed by atoms with van der Waals surface area (Å²) in [6.45, 7) is 2.85. The molecule has 7 nitrogen and oxygen atoms in total. The van der Waals surface area contributed by atoms with Crippen LogP contribution in [0.15, 0.2) is 41.2 Å². The molecule has 0 saturated carbocycles. The Morgan fingerprint density at radius 1 is 1.27 bits per heavy atom. The molecule has 1 atom stereocenters. The third-order valence-corrected chi connectivity index (χ3v) is 3.60. The first-order chi connectivity index (χ1) is 12.5. The summed E-state index contributed by atoms with van der Waals surface area (Å²) in [7, 11) is 1.60. The number of ether oxygens (including phenoxy) is 2. The molecular formula is C18H22FN3O4. The second kappa shape index (κ2) is 9.67. The number of carbonyl (C=O) groups excluding carboxylic acids is 1. The monoisotopic (exact) mass is 363 g/mol. The smallest absolute Gasteiger partial charge is 0.271 e. The molecule has 1 heterocycles. The van der Waals surface area contributed by atoms with Crippen LogP contribution in [0.4, 0.5) is 4.39 Å². The largest absolute Gasteiger partial charge is 0.463 e. The van der Waals surface area contributed by atoms with E-state index in [2.05, 4.69) is 10.4 Å². The first-order valence-corrected chi connectivity index (χ1v) is 8.34. The number of hydrogen-bond acceptors (Lipinski definition) is 5. The normalized spacial score (nSPS) is 11.8. The predicted octanol–water partition coefficient (Wildman–Crippen LogP) is 1.68. The van der Waals surface area contributed by atoms with E-state index in [1.54, 1.807) is 7.11 Å². The van der Waals surface area contributed by atoms with Gasteiger partial charge in [0.2, 0.25) is 5.88 Å². The van der Waals surface area contributed by atoms with Crippen LogP contribution in [-0.2, 0) is 9.53 Å². The van der Waals surface area contributed by atoms with E-state index in [1.807, 2.05) is 6.92 Å². The van der Waals surface area contributed by atoms with Gasteiger partial charge >= 0.3 is 0 Å². The molecule has 1 N–H and O–H groups in total. The van der Waals surface area contributed by atoms with Crippen LogP contribution in [0.5, 0.6) is 5.88 Å². The Labute approximate surface area is 150 Å². The Kier molecular flexibility index (Phi) is 7.28. The molecule has 26 heavy (non-hydrogen) atoms. The van der Waals surface area contributed by atoms with Crippen LogP contribution < -0.4 is 15.6 Å². The number of aromatic nitrogens is 2. The van der Waals surface area contributed by atoms with Gasteiger partial charge in [-0.1, -0.05) is 6.92 Å². The zero-order valence-corrected chi connectivity index (χ0v) is 14.8. The second-order valence-corrected chi connectivity index (χ2v) is 5.55. The Balaban J connectivity index is 2.10. The van der Waals surface area contributed by atoms with Crippen molar-refractivity contribution in [3.05, 3.63) is 52.6 Å². The van der Waals surface area contributed by atoms with Gasteiger partial charge in [-0.05, 0) is 37.1 Å². The number of nitrogens with zero attached hydrogens (tertiary/aromatic N) is 2. The number of rotatable bonds is 9. The zero-order chi connectivity index (χ0) is 18.9. The van der Waals surface area contributed by atoms with E-state index < -0.39 is 11.9 Å². The summed E-state index contributed by atoms with van der Waals surface area (Å²) in [5.41, 5.74) is 0.0138. The highest BCUT2D eigenvalue weighted by molar-refractivity contribution is 5.80. The second-order valence-electron chi connectivity index (χ2n) is 5.55. The van der Waals surface area contributed by atoms with Gasteiger partial charge in [0.15, 0.2) is 6.10 Å². The number of amides is 1. The fourth-order valence-corrected chi connectivity index (χ4v) is 2.23. The molecule has 140 valence electrons. The summed E-state index contributed by atoms with van der Waals surface area (Å²) in [5.74, 6) is -0.539. The lowest BCUT2D eigenvalue weighted by Gasteiger charge is -2.17. The minimum Gasteiger partial charge on any atom is -0.463 e. The third-order valence-electron chi connectivity index (χ3n) is 3.60. The number of carbonyl (C=O) groups is 1. The van der Waals surface area contributed by atoms with Gasteiger partial charge in [0.05, 0.1) is 5.69 Å². The zero-order valence-electron chi connectivity index (χ0n) is 14.8. The lowest BCUT2D eigenvalue weighted by atomic mass is 10.2. The number of methoxy groups -OCH3 is 1. The summed E-state index contributed by atoms with van der Waals surface area (Å²) < 4.78 is 24.7. The standard InChI is InChI=1S/C18H22FN3O4/c1-3-15(18(24)20-11-4-12-25-2)26-16-9-10-17(23)22(21-16)14-7-5-13(19)6-8-14/h5-10,15H,3-4,11-12H2,1-2H3,(H,20,24)/t15-/m1/s1. The quantitative estimate of drug-likeness (QED) is 0.686.